The van der Waals surface area contributed by atoms with Crippen molar-refractivity contribution >= 4 is 23.4 Å². The molecule has 0 unspecified atom stereocenters. The molecule has 0 saturated carbocycles. The van der Waals surface area contributed by atoms with Crippen molar-refractivity contribution in [3.05, 3.63) is 58.1 Å². The summed E-state index contributed by atoms with van der Waals surface area (Å²) in [7, 11) is 1.51. The van der Waals surface area contributed by atoms with Gasteiger partial charge in [-0.1, -0.05) is 17.7 Å². The number of halogens is 2. The number of nitrogens with zero attached hydrogens (tertiary/aromatic N) is 1. The highest BCUT2D eigenvalue weighted by Gasteiger charge is 2.18. The lowest BCUT2D eigenvalue weighted by Gasteiger charge is -2.17. The van der Waals surface area contributed by atoms with E-state index in [2.05, 4.69) is 4.98 Å². The number of carbonyl (C=O) groups excluding carboxylic acids is 2. The Bertz CT molecular complexity index is 679. The molecule has 21 heavy (non-hydrogen) atoms. The second-order valence-corrected chi connectivity index (χ2v) is 4.93. The van der Waals surface area contributed by atoms with Crippen molar-refractivity contribution < 1.29 is 14.0 Å². The van der Waals surface area contributed by atoms with Gasteiger partial charge in [-0.05, 0) is 18.2 Å². The molecule has 0 atom stereocenters. The Hall–Kier alpha value is -2.34. The summed E-state index contributed by atoms with van der Waals surface area (Å²) in [6, 6.07) is 5.68. The van der Waals surface area contributed by atoms with Gasteiger partial charge in [0.05, 0.1) is 12.1 Å². The van der Waals surface area contributed by atoms with Gasteiger partial charge in [0, 0.05) is 23.8 Å². The van der Waals surface area contributed by atoms with Crippen molar-refractivity contribution in [1.29, 1.82) is 0 Å². The second kappa shape index (κ2) is 5.97. The van der Waals surface area contributed by atoms with Gasteiger partial charge in [-0.15, -0.1) is 0 Å². The molecule has 0 aliphatic heterocycles. The molecule has 0 aliphatic carbocycles. The third kappa shape index (κ3) is 3.22. The first-order valence-electron chi connectivity index (χ1n) is 6.06. The smallest absolute Gasteiger partial charge is 0.270 e. The van der Waals surface area contributed by atoms with E-state index in [4.69, 9.17) is 17.3 Å². The number of carbonyl (C=O) groups is 2. The number of rotatable bonds is 4. The van der Waals surface area contributed by atoms with Gasteiger partial charge in [-0.2, -0.15) is 0 Å². The van der Waals surface area contributed by atoms with Crippen molar-refractivity contribution in [3.8, 4) is 0 Å². The summed E-state index contributed by atoms with van der Waals surface area (Å²) >= 11 is 5.92. The quantitative estimate of drug-likeness (QED) is 0.908. The molecule has 1 heterocycles. The molecular formula is C14H13ClFN3O2. The molecule has 0 fully saturated rings. The maximum Gasteiger partial charge on any atom is 0.270 e. The fourth-order valence-electron chi connectivity index (χ4n) is 1.86. The first-order chi connectivity index (χ1) is 9.90. The summed E-state index contributed by atoms with van der Waals surface area (Å²) in [5.41, 5.74) is 5.75. The van der Waals surface area contributed by atoms with Crippen molar-refractivity contribution in [2.24, 2.45) is 5.73 Å². The lowest BCUT2D eigenvalue weighted by atomic mass is 10.2. The molecule has 0 aliphatic rings. The highest BCUT2D eigenvalue weighted by Crippen LogP contribution is 2.21. The lowest BCUT2D eigenvalue weighted by Crippen LogP contribution is -2.27. The van der Waals surface area contributed by atoms with Gasteiger partial charge in [-0.25, -0.2) is 4.39 Å². The van der Waals surface area contributed by atoms with E-state index in [9.17, 15) is 14.0 Å². The monoisotopic (exact) mass is 309 g/mol. The predicted octanol–water partition coefficient (Wildman–Crippen LogP) is 2.18. The largest absolute Gasteiger partial charge is 0.366 e. The lowest BCUT2D eigenvalue weighted by molar-refractivity contribution is 0.0779. The summed E-state index contributed by atoms with van der Waals surface area (Å²) in [6.07, 6.45) is 1.35. The number of hydrogen-bond acceptors (Lipinski definition) is 2. The zero-order valence-corrected chi connectivity index (χ0v) is 11.9. The van der Waals surface area contributed by atoms with Crippen LogP contribution in [0, 0.1) is 5.82 Å². The summed E-state index contributed by atoms with van der Waals surface area (Å²) in [4.78, 5) is 27.1. The molecule has 2 amide bonds. The number of H-pyrrole nitrogens is 1. The Labute approximate surface area is 125 Å². The van der Waals surface area contributed by atoms with Crippen LogP contribution in [0.1, 0.15) is 26.4 Å². The molecule has 0 spiro atoms. The van der Waals surface area contributed by atoms with Gasteiger partial charge < -0.3 is 15.6 Å². The van der Waals surface area contributed by atoms with Gasteiger partial charge >= 0.3 is 0 Å². The van der Waals surface area contributed by atoms with Crippen molar-refractivity contribution in [3.63, 3.8) is 0 Å². The van der Waals surface area contributed by atoms with Crippen molar-refractivity contribution in [2.75, 3.05) is 7.05 Å². The molecular weight excluding hydrogens is 297 g/mol. The summed E-state index contributed by atoms with van der Waals surface area (Å²) < 4.78 is 13.7. The zero-order valence-electron chi connectivity index (χ0n) is 11.2. The Kier molecular flexibility index (Phi) is 4.28. The molecule has 1 aromatic heterocycles. The summed E-state index contributed by atoms with van der Waals surface area (Å²) in [6.45, 7) is 0.00919. The highest BCUT2D eigenvalue weighted by molar-refractivity contribution is 6.31. The maximum atomic E-state index is 13.7. The van der Waals surface area contributed by atoms with Crippen LogP contribution in [-0.2, 0) is 6.54 Å². The number of aromatic amines is 1. The van der Waals surface area contributed by atoms with Crippen LogP contribution < -0.4 is 5.73 Å². The first kappa shape index (κ1) is 15.1. The van der Waals surface area contributed by atoms with Gasteiger partial charge in [-0.3, -0.25) is 9.59 Å². The highest BCUT2D eigenvalue weighted by atomic mass is 35.5. The molecule has 110 valence electrons. The van der Waals surface area contributed by atoms with Crippen molar-refractivity contribution in [1.82, 2.24) is 9.88 Å². The third-order valence-corrected chi connectivity index (χ3v) is 3.36. The molecule has 3 N–H and O–H groups in total. The number of nitrogens with one attached hydrogen (secondary N) is 1. The normalized spacial score (nSPS) is 10.4. The van der Waals surface area contributed by atoms with E-state index >= 15 is 0 Å². The van der Waals surface area contributed by atoms with E-state index in [0.29, 0.717) is 0 Å². The zero-order chi connectivity index (χ0) is 15.6. The molecule has 0 bridgehead atoms. The van der Waals surface area contributed by atoms with Gasteiger partial charge in [0.25, 0.3) is 5.91 Å². The molecule has 1 aromatic carbocycles. The average molecular weight is 310 g/mol. The van der Waals surface area contributed by atoms with Crippen LogP contribution in [-0.4, -0.2) is 28.7 Å². The third-order valence-electron chi connectivity index (χ3n) is 3.00. The van der Waals surface area contributed by atoms with E-state index in [-0.39, 0.29) is 28.4 Å². The average Bonchev–Trinajstić information content (AvgIpc) is 2.92. The van der Waals surface area contributed by atoms with E-state index in [0.717, 1.165) is 0 Å². The van der Waals surface area contributed by atoms with E-state index in [1.807, 2.05) is 0 Å². The molecule has 7 heteroatoms. The number of aromatic nitrogens is 1. The minimum atomic E-state index is -0.634. The number of primary amides is 1. The van der Waals surface area contributed by atoms with Crippen LogP contribution >= 0.6 is 11.6 Å². The summed E-state index contributed by atoms with van der Waals surface area (Å²) in [5.74, 6) is -1.52. The fourth-order valence-corrected chi connectivity index (χ4v) is 2.08. The van der Waals surface area contributed by atoms with Gasteiger partial charge in [0.15, 0.2) is 0 Å². The van der Waals surface area contributed by atoms with E-state index in [1.54, 1.807) is 6.07 Å². The van der Waals surface area contributed by atoms with Crippen LogP contribution in [0.25, 0.3) is 0 Å². The van der Waals surface area contributed by atoms with Crippen molar-refractivity contribution in [2.45, 2.75) is 6.54 Å². The first-order valence-corrected chi connectivity index (χ1v) is 6.44. The molecule has 2 aromatic rings. The molecule has 0 saturated heterocycles. The van der Waals surface area contributed by atoms with Crippen LogP contribution in [0.3, 0.4) is 0 Å². The maximum absolute atomic E-state index is 13.7. The predicted molar refractivity (Wildman–Crippen MR) is 76.5 cm³/mol. The van der Waals surface area contributed by atoms with Crippen LogP contribution in [0.15, 0.2) is 30.5 Å². The van der Waals surface area contributed by atoms with Gasteiger partial charge in [0.2, 0.25) is 5.91 Å². The number of hydrogen-bond donors (Lipinski definition) is 2. The Morgan fingerprint density at radius 3 is 2.71 bits per heavy atom. The number of benzene rings is 1. The molecule has 2 rings (SSSR count). The fraction of sp³-hybridized carbons (Fsp3) is 0.143. The van der Waals surface area contributed by atoms with Crippen LogP contribution in [0.5, 0.6) is 0 Å². The minimum Gasteiger partial charge on any atom is -0.366 e. The van der Waals surface area contributed by atoms with Crippen LogP contribution in [0.2, 0.25) is 5.02 Å². The van der Waals surface area contributed by atoms with Gasteiger partial charge in [0.1, 0.15) is 11.5 Å². The number of nitrogens with two attached hydrogens (primary N) is 1. The second-order valence-electron chi connectivity index (χ2n) is 4.53. The molecule has 5 nitrogen and oxygen atoms in total. The van der Waals surface area contributed by atoms with E-state index < -0.39 is 17.6 Å². The number of amides is 2. The topological polar surface area (TPSA) is 79.2 Å². The minimum absolute atomic E-state index is 0.00919. The summed E-state index contributed by atoms with van der Waals surface area (Å²) in [5, 5.41) is 0.249. The van der Waals surface area contributed by atoms with E-state index in [1.165, 1.54) is 36.3 Å². The SMILES string of the molecule is CN(Cc1c(F)cccc1Cl)C(=O)c1cc(C(N)=O)c[nH]1. The standard InChI is InChI=1S/C14H13ClFN3O2/c1-19(7-9-10(15)3-2-4-11(9)16)14(21)12-5-8(6-18-12)13(17)20/h2-6,18H,7H2,1H3,(H2,17,20). The Balaban J connectivity index is 2.17. The Morgan fingerprint density at radius 1 is 1.43 bits per heavy atom. The van der Waals surface area contributed by atoms with Crippen LogP contribution in [0.4, 0.5) is 4.39 Å². The molecule has 0 radical (unpaired) electrons. The Morgan fingerprint density at radius 2 is 2.14 bits per heavy atom.